The topological polar surface area (TPSA) is 145 Å². The fourth-order valence-corrected chi connectivity index (χ4v) is 3.71. The van der Waals surface area contributed by atoms with Gasteiger partial charge < -0.3 is 4.74 Å². The largest absolute Gasteiger partial charge is 0.467 e. The molecule has 2 N–H and O–H groups in total. The first-order valence-electron chi connectivity index (χ1n) is 7.91. The van der Waals surface area contributed by atoms with Crippen molar-refractivity contribution in [1.82, 2.24) is 25.5 Å². The molecule has 0 fully saturated rings. The molecule has 17 heteroatoms. The highest BCUT2D eigenvalue weighted by Gasteiger charge is 2.33. The van der Waals surface area contributed by atoms with Crippen LogP contribution in [0, 0.1) is 0 Å². The number of carbonyl (C=O) groups excluding carboxylic acids is 1. The summed E-state index contributed by atoms with van der Waals surface area (Å²) in [6.07, 6.45) is 0. The van der Waals surface area contributed by atoms with E-state index in [2.05, 4.69) is 19.7 Å². The number of aromatic nitrogens is 3. The van der Waals surface area contributed by atoms with Gasteiger partial charge >= 0.3 is 17.4 Å². The van der Waals surface area contributed by atoms with Crippen LogP contribution in [-0.2, 0) is 36.1 Å². The average Bonchev–Trinajstić information content (AvgIpc) is 2.70. The molecule has 0 aliphatic rings. The summed E-state index contributed by atoms with van der Waals surface area (Å²) in [6, 6.07) is 4.05. The van der Waals surface area contributed by atoms with Gasteiger partial charge in [0.2, 0.25) is 33.9 Å². The second-order valence-electron chi connectivity index (χ2n) is 5.41. The van der Waals surface area contributed by atoms with E-state index in [4.69, 9.17) is 20.2 Å². The van der Waals surface area contributed by atoms with Gasteiger partial charge in [-0.15, -0.1) is 0 Å². The summed E-state index contributed by atoms with van der Waals surface area (Å²) in [5.41, 5.74) is 1.77. The van der Waals surface area contributed by atoms with Gasteiger partial charge in [-0.25, -0.2) is 18.7 Å². The number of anilines is 1. The van der Waals surface area contributed by atoms with Crippen LogP contribution in [0.5, 0.6) is 6.01 Å². The standard InChI is InChI=1S/C14H15ClF2N6O6S2/c1-23(2)29-31(26)9-7-5-4-6-8(9)30(25)28-22-12(24)20-11-18-10(14(15,16)17)19-13(21-11)27-3/h4-7H,1-3H3,(H2,18,19,20,21,22,24). The van der Waals surface area contributed by atoms with Crippen molar-refractivity contribution < 1.29 is 35.3 Å². The molecule has 0 radical (unpaired) electrons. The highest BCUT2D eigenvalue weighted by molar-refractivity contribution is 7.83. The minimum Gasteiger partial charge on any atom is -0.467 e. The quantitative estimate of drug-likeness (QED) is 0.383. The minimum atomic E-state index is -3.95. The number of hydrogen-bond acceptors (Lipinski definition) is 10. The maximum absolute atomic E-state index is 13.2. The predicted molar refractivity (Wildman–Crippen MR) is 103 cm³/mol. The normalized spacial score (nSPS) is 13.5. The molecule has 0 spiro atoms. The minimum absolute atomic E-state index is 0.0351. The maximum Gasteiger partial charge on any atom is 0.382 e. The lowest BCUT2D eigenvalue weighted by atomic mass is 10.4. The Balaban J connectivity index is 2.08. The SMILES string of the molecule is COc1nc(NC(=O)NOS(=O)c2ccccc2S(=O)ON(C)C)nc(C(F)(F)Cl)n1. The van der Waals surface area contributed by atoms with Crippen LogP contribution < -0.4 is 15.5 Å². The van der Waals surface area contributed by atoms with Crippen LogP contribution in [0.1, 0.15) is 5.82 Å². The summed E-state index contributed by atoms with van der Waals surface area (Å²) >= 11 is 0.543. The Morgan fingerprint density at radius 3 is 2.29 bits per heavy atom. The van der Waals surface area contributed by atoms with Gasteiger partial charge in [-0.05, 0) is 23.7 Å². The maximum atomic E-state index is 13.2. The Labute approximate surface area is 184 Å². The number of methoxy groups -OCH3 is 1. The van der Waals surface area contributed by atoms with Gasteiger partial charge in [-0.2, -0.15) is 37.4 Å². The molecule has 2 aromatic rings. The number of halogens is 3. The average molecular weight is 501 g/mol. The van der Waals surface area contributed by atoms with E-state index in [1.165, 1.54) is 43.4 Å². The highest BCUT2D eigenvalue weighted by atomic mass is 35.5. The molecule has 0 saturated carbocycles. The second-order valence-corrected chi connectivity index (χ2v) is 8.02. The third-order valence-electron chi connectivity index (χ3n) is 2.91. The van der Waals surface area contributed by atoms with Crippen molar-refractivity contribution in [1.29, 1.82) is 0 Å². The van der Waals surface area contributed by atoms with Crippen LogP contribution in [0.25, 0.3) is 0 Å². The summed E-state index contributed by atoms with van der Waals surface area (Å²) in [7, 11) is 4.10. The first-order valence-corrected chi connectivity index (χ1v) is 10.4. The molecule has 0 saturated heterocycles. The van der Waals surface area contributed by atoms with E-state index in [0.29, 0.717) is 0 Å². The zero-order valence-corrected chi connectivity index (χ0v) is 18.4. The summed E-state index contributed by atoms with van der Waals surface area (Å²) in [4.78, 5) is 22.0. The lowest BCUT2D eigenvalue weighted by Gasteiger charge is -2.12. The van der Waals surface area contributed by atoms with Crippen molar-refractivity contribution in [2.45, 2.75) is 15.2 Å². The number of carbonyl (C=O) groups is 1. The Morgan fingerprint density at radius 2 is 1.74 bits per heavy atom. The molecular formula is C14H15ClF2N6O6S2. The Hall–Kier alpha value is -2.37. The van der Waals surface area contributed by atoms with Crippen molar-refractivity contribution in [2.24, 2.45) is 0 Å². The number of hydrogen-bond donors (Lipinski definition) is 2. The van der Waals surface area contributed by atoms with Crippen LogP contribution in [0.2, 0.25) is 0 Å². The number of alkyl halides is 3. The number of nitrogens with zero attached hydrogens (tertiary/aromatic N) is 4. The van der Waals surface area contributed by atoms with E-state index in [-0.39, 0.29) is 9.79 Å². The van der Waals surface area contributed by atoms with Crippen molar-refractivity contribution >= 4 is 45.7 Å². The number of amides is 2. The Bertz CT molecular complexity index is 996. The summed E-state index contributed by atoms with van der Waals surface area (Å²) < 4.78 is 65.4. The Kier molecular flexibility index (Phi) is 8.66. The van der Waals surface area contributed by atoms with E-state index in [0.717, 1.165) is 7.11 Å². The van der Waals surface area contributed by atoms with Gasteiger partial charge in [0.05, 0.1) is 16.9 Å². The van der Waals surface area contributed by atoms with Crippen molar-refractivity contribution in [3.05, 3.63) is 30.1 Å². The van der Waals surface area contributed by atoms with Crippen LogP contribution in [0.15, 0.2) is 34.1 Å². The van der Waals surface area contributed by atoms with Crippen molar-refractivity contribution in [2.75, 3.05) is 26.5 Å². The van der Waals surface area contributed by atoms with Crippen molar-refractivity contribution in [3.8, 4) is 6.01 Å². The summed E-state index contributed by atoms with van der Waals surface area (Å²) in [6.45, 7) is 0. The molecular weight excluding hydrogens is 486 g/mol. The summed E-state index contributed by atoms with van der Waals surface area (Å²) in [5, 5.41) is -0.800. The molecule has 2 rings (SSSR count). The molecule has 0 bridgehead atoms. The van der Waals surface area contributed by atoms with Gasteiger partial charge in [-0.1, -0.05) is 12.1 Å². The van der Waals surface area contributed by atoms with E-state index in [1.54, 1.807) is 5.48 Å². The molecule has 31 heavy (non-hydrogen) atoms. The van der Waals surface area contributed by atoms with Gasteiger partial charge in [0, 0.05) is 14.1 Å². The fourth-order valence-electron chi connectivity index (χ4n) is 1.78. The van der Waals surface area contributed by atoms with Gasteiger partial charge in [0.1, 0.15) is 0 Å². The lowest BCUT2D eigenvalue weighted by Crippen LogP contribution is -2.31. The number of urea groups is 1. The number of nitrogens with one attached hydrogen (secondary N) is 2. The first-order chi connectivity index (χ1) is 14.5. The molecule has 2 atom stereocenters. The van der Waals surface area contributed by atoms with Crippen LogP contribution in [-0.4, -0.2) is 55.7 Å². The molecule has 0 aliphatic heterocycles. The third kappa shape index (κ3) is 7.37. The Morgan fingerprint density at radius 1 is 1.13 bits per heavy atom. The molecule has 12 nitrogen and oxygen atoms in total. The molecule has 1 aromatic heterocycles. The smallest absolute Gasteiger partial charge is 0.382 e. The molecule has 1 heterocycles. The molecule has 2 unspecified atom stereocenters. The predicted octanol–water partition coefficient (Wildman–Crippen LogP) is 1.46. The lowest BCUT2D eigenvalue weighted by molar-refractivity contribution is 0.0135. The fraction of sp³-hybridized carbons (Fsp3) is 0.286. The van der Waals surface area contributed by atoms with E-state index in [1.807, 2.05) is 5.32 Å². The van der Waals surface area contributed by atoms with Crippen LogP contribution >= 0.6 is 11.6 Å². The van der Waals surface area contributed by atoms with E-state index < -0.39 is 51.4 Å². The second kappa shape index (κ2) is 10.8. The van der Waals surface area contributed by atoms with E-state index in [9.17, 15) is 22.0 Å². The zero-order valence-electron chi connectivity index (χ0n) is 16.0. The monoisotopic (exact) mass is 500 g/mol. The molecule has 0 aliphatic carbocycles. The number of ether oxygens (including phenoxy) is 1. The van der Waals surface area contributed by atoms with Crippen molar-refractivity contribution in [3.63, 3.8) is 0 Å². The molecule has 170 valence electrons. The molecule has 1 aromatic carbocycles. The van der Waals surface area contributed by atoms with E-state index >= 15 is 0 Å². The van der Waals surface area contributed by atoms with Gasteiger partial charge in [0.15, 0.2) is 0 Å². The van der Waals surface area contributed by atoms with Gasteiger partial charge in [0.25, 0.3) is 0 Å². The first kappa shape index (κ1) is 24.9. The number of benzene rings is 1. The third-order valence-corrected chi connectivity index (χ3v) is 5.31. The van der Waals surface area contributed by atoms with Crippen LogP contribution in [0.4, 0.5) is 19.5 Å². The number of hydroxylamine groups is 3. The summed E-state index contributed by atoms with van der Waals surface area (Å²) in [5.74, 6) is -1.81. The van der Waals surface area contributed by atoms with Crippen LogP contribution in [0.3, 0.4) is 0 Å². The number of rotatable bonds is 9. The highest BCUT2D eigenvalue weighted by Crippen LogP contribution is 2.30. The van der Waals surface area contributed by atoms with Gasteiger partial charge in [-0.3, -0.25) is 5.32 Å². The molecule has 2 amide bonds. The zero-order chi connectivity index (χ0) is 23.2.